The molecular weight excluding hydrogens is 196 g/mol. The van der Waals surface area contributed by atoms with E-state index >= 15 is 0 Å². The number of hydrogen-bond acceptors (Lipinski definition) is 1. The van der Waals surface area contributed by atoms with Crippen molar-refractivity contribution < 1.29 is 8.76 Å². The highest BCUT2D eigenvalue weighted by Gasteiger charge is 2.14. The van der Waals surface area contributed by atoms with Crippen molar-refractivity contribution in [3.8, 4) is 0 Å². The van der Waals surface area contributed by atoms with E-state index in [0.717, 1.165) is 6.42 Å². The van der Waals surface area contributed by atoms with Crippen molar-refractivity contribution in [3.05, 3.63) is 35.9 Å². The lowest BCUT2D eigenvalue weighted by Gasteiger charge is -2.14. The molecule has 0 radical (unpaired) electrons. The van der Waals surface area contributed by atoms with E-state index in [0.29, 0.717) is 5.92 Å². The van der Waals surface area contributed by atoms with E-state index in [9.17, 15) is 4.21 Å². The van der Waals surface area contributed by atoms with Crippen LogP contribution in [0.25, 0.3) is 0 Å². The summed E-state index contributed by atoms with van der Waals surface area (Å²) in [7, 11) is 0. The average Bonchev–Trinajstić information content (AvgIpc) is 2.19. The Balaban J connectivity index is 2.59. The number of rotatable bonds is 4. The number of hydrogen-bond donors (Lipinski definition) is 1. The van der Waals surface area contributed by atoms with Gasteiger partial charge < -0.3 is 4.55 Å². The molecule has 0 aliphatic heterocycles. The van der Waals surface area contributed by atoms with E-state index < -0.39 is 11.1 Å². The zero-order valence-corrected chi connectivity index (χ0v) is 9.33. The monoisotopic (exact) mass is 212 g/mol. The highest BCUT2D eigenvalue weighted by Crippen LogP contribution is 2.21. The van der Waals surface area contributed by atoms with Gasteiger partial charge in [-0.05, 0) is 24.8 Å². The molecule has 1 rings (SSSR count). The minimum absolute atomic E-state index is 0.162. The molecule has 0 fully saturated rings. The maximum Gasteiger partial charge on any atom is 0.155 e. The van der Waals surface area contributed by atoms with Crippen LogP contribution >= 0.6 is 0 Å². The standard InChI is InChI=1S/C11H16O2S/c1-9(8-10(2)14(12)13)11-6-4-3-5-7-11/h3-7,9-10H,8H2,1-2H3,(H,12,13). The summed E-state index contributed by atoms with van der Waals surface area (Å²) in [4.78, 5) is 0. The van der Waals surface area contributed by atoms with Gasteiger partial charge in [0.2, 0.25) is 0 Å². The van der Waals surface area contributed by atoms with Crippen LogP contribution in [0.5, 0.6) is 0 Å². The fourth-order valence-electron chi connectivity index (χ4n) is 1.50. The SMILES string of the molecule is CC(CC(C)S(=O)O)c1ccccc1. The Morgan fingerprint density at radius 2 is 1.86 bits per heavy atom. The molecule has 1 N–H and O–H groups in total. The Morgan fingerprint density at radius 1 is 1.29 bits per heavy atom. The normalized spacial score (nSPS) is 17.4. The van der Waals surface area contributed by atoms with Gasteiger partial charge >= 0.3 is 0 Å². The lowest BCUT2D eigenvalue weighted by molar-refractivity contribution is 0.536. The lowest BCUT2D eigenvalue weighted by Crippen LogP contribution is -2.12. The van der Waals surface area contributed by atoms with Crippen LogP contribution < -0.4 is 0 Å². The molecule has 1 aromatic carbocycles. The smallest absolute Gasteiger partial charge is 0.155 e. The fraction of sp³-hybridized carbons (Fsp3) is 0.455. The Morgan fingerprint density at radius 3 is 2.36 bits per heavy atom. The first-order valence-corrected chi connectivity index (χ1v) is 5.93. The maximum absolute atomic E-state index is 10.8. The molecule has 0 saturated heterocycles. The fourth-order valence-corrected chi connectivity index (χ4v) is 1.95. The molecule has 3 unspecified atom stereocenters. The topological polar surface area (TPSA) is 37.3 Å². The van der Waals surface area contributed by atoms with Gasteiger partial charge in [-0.25, -0.2) is 4.21 Å². The van der Waals surface area contributed by atoms with E-state index in [4.69, 9.17) is 4.55 Å². The van der Waals surface area contributed by atoms with Crippen molar-refractivity contribution in [1.82, 2.24) is 0 Å². The molecule has 0 amide bonds. The van der Waals surface area contributed by atoms with E-state index in [1.54, 1.807) is 6.92 Å². The van der Waals surface area contributed by atoms with Gasteiger partial charge in [-0.15, -0.1) is 0 Å². The van der Waals surface area contributed by atoms with Crippen LogP contribution in [0.15, 0.2) is 30.3 Å². The van der Waals surface area contributed by atoms with E-state index in [1.165, 1.54) is 5.56 Å². The van der Waals surface area contributed by atoms with Gasteiger partial charge in [-0.1, -0.05) is 37.3 Å². The lowest BCUT2D eigenvalue weighted by atomic mass is 9.97. The van der Waals surface area contributed by atoms with Crippen LogP contribution in [0.4, 0.5) is 0 Å². The highest BCUT2D eigenvalue weighted by atomic mass is 32.2. The third-order valence-corrected chi connectivity index (χ3v) is 3.28. The molecule has 3 heteroatoms. The summed E-state index contributed by atoms with van der Waals surface area (Å²) >= 11 is -1.70. The first-order valence-electron chi connectivity index (χ1n) is 4.76. The van der Waals surface area contributed by atoms with Crippen LogP contribution in [0.1, 0.15) is 31.7 Å². The zero-order chi connectivity index (χ0) is 10.6. The second-order valence-electron chi connectivity index (χ2n) is 3.63. The molecule has 3 atom stereocenters. The van der Waals surface area contributed by atoms with Gasteiger partial charge in [0.25, 0.3) is 0 Å². The molecule has 2 nitrogen and oxygen atoms in total. The minimum atomic E-state index is -1.70. The quantitative estimate of drug-likeness (QED) is 0.779. The molecule has 78 valence electrons. The summed E-state index contributed by atoms with van der Waals surface area (Å²) in [5.74, 6) is 0.335. The van der Waals surface area contributed by atoms with Gasteiger partial charge in [0.1, 0.15) is 0 Å². The second-order valence-corrected chi connectivity index (χ2v) is 4.99. The van der Waals surface area contributed by atoms with E-state index in [2.05, 4.69) is 19.1 Å². The van der Waals surface area contributed by atoms with Gasteiger partial charge in [-0.2, -0.15) is 0 Å². The molecule has 14 heavy (non-hydrogen) atoms. The van der Waals surface area contributed by atoms with Crippen molar-refractivity contribution in [2.75, 3.05) is 0 Å². The Hall–Kier alpha value is -0.670. The zero-order valence-electron chi connectivity index (χ0n) is 8.51. The van der Waals surface area contributed by atoms with Gasteiger partial charge in [0, 0.05) is 0 Å². The summed E-state index contributed by atoms with van der Waals surface area (Å²) in [5, 5.41) is -0.162. The maximum atomic E-state index is 10.8. The van der Waals surface area contributed by atoms with Crippen molar-refractivity contribution in [1.29, 1.82) is 0 Å². The summed E-state index contributed by atoms with van der Waals surface area (Å²) in [6.07, 6.45) is 0.743. The third kappa shape index (κ3) is 3.24. The summed E-state index contributed by atoms with van der Waals surface area (Å²) in [6.45, 7) is 3.88. The van der Waals surface area contributed by atoms with Crippen molar-refractivity contribution in [2.24, 2.45) is 0 Å². The summed E-state index contributed by atoms with van der Waals surface area (Å²) in [6, 6.07) is 10.1. The average molecular weight is 212 g/mol. The first kappa shape index (κ1) is 11.4. The van der Waals surface area contributed by atoms with Crippen LogP contribution in [-0.4, -0.2) is 14.0 Å². The molecule has 0 heterocycles. The van der Waals surface area contributed by atoms with Crippen LogP contribution in [0.3, 0.4) is 0 Å². The molecule has 0 saturated carbocycles. The largest absolute Gasteiger partial charge is 0.306 e. The van der Waals surface area contributed by atoms with Crippen molar-refractivity contribution in [2.45, 2.75) is 31.4 Å². The van der Waals surface area contributed by atoms with Gasteiger partial charge in [0.15, 0.2) is 11.1 Å². The first-order chi connectivity index (χ1) is 6.61. The van der Waals surface area contributed by atoms with Gasteiger partial charge in [-0.3, -0.25) is 0 Å². The minimum Gasteiger partial charge on any atom is -0.306 e. The Bertz CT molecular complexity index is 297. The molecule has 0 aliphatic rings. The van der Waals surface area contributed by atoms with Gasteiger partial charge in [0.05, 0.1) is 5.25 Å². The second kappa shape index (κ2) is 5.27. The number of benzene rings is 1. The van der Waals surface area contributed by atoms with Crippen LogP contribution in [-0.2, 0) is 11.1 Å². The summed E-state index contributed by atoms with van der Waals surface area (Å²) < 4.78 is 19.7. The summed E-state index contributed by atoms with van der Waals surface area (Å²) in [5.41, 5.74) is 1.23. The van der Waals surface area contributed by atoms with Crippen LogP contribution in [0, 0.1) is 0 Å². The third-order valence-electron chi connectivity index (χ3n) is 2.40. The Labute approximate surface area is 87.6 Å². The van der Waals surface area contributed by atoms with E-state index in [1.807, 2.05) is 18.2 Å². The molecule has 1 aromatic rings. The van der Waals surface area contributed by atoms with Crippen molar-refractivity contribution in [3.63, 3.8) is 0 Å². The van der Waals surface area contributed by atoms with Crippen molar-refractivity contribution >= 4 is 11.1 Å². The highest BCUT2D eigenvalue weighted by molar-refractivity contribution is 7.79. The molecule has 0 bridgehead atoms. The predicted octanol–water partition coefficient (Wildman–Crippen LogP) is 2.79. The predicted molar refractivity (Wildman–Crippen MR) is 59.7 cm³/mol. The molecule has 0 spiro atoms. The van der Waals surface area contributed by atoms with E-state index in [-0.39, 0.29) is 5.25 Å². The molecular formula is C11H16O2S. The molecule has 0 aromatic heterocycles. The molecule has 0 aliphatic carbocycles. The van der Waals surface area contributed by atoms with Crippen LogP contribution in [0.2, 0.25) is 0 Å². The Kier molecular flexibility index (Phi) is 4.29.